The van der Waals surface area contributed by atoms with Crippen LogP contribution in [0.3, 0.4) is 0 Å². The molecule has 1 aromatic carbocycles. The zero-order valence-corrected chi connectivity index (χ0v) is 7.69. The van der Waals surface area contributed by atoms with E-state index in [4.69, 9.17) is 10.6 Å². The predicted octanol–water partition coefficient (Wildman–Crippen LogP) is 0.567. The molecule has 0 fully saturated rings. The minimum absolute atomic E-state index is 0.0313. The van der Waals surface area contributed by atoms with Gasteiger partial charge in [-0.25, -0.2) is 0 Å². The summed E-state index contributed by atoms with van der Waals surface area (Å²) in [4.78, 5) is 10.1. The van der Waals surface area contributed by atoms with Crippen molar-refractivity contribution in [3.8, 4) is 5.75 Å². The lowest BCUT2D eigenvalue weighted by molar-refractivity contribution is -0.385. The molecule has 76 valence electrons. The SMILES string of the molecule is COc1ccc([N+](=O)[O-])c(CNN)c1. The van der Waals surface area contributed by atoms with Gasteiger partial charge in [0, 0.05) is 18.2 Å². The van der Waals surface area contributed by atoms with E-state index < -0.39 is 4.92 Å². The summed E-state index contributed by atoms with van der Waals surface area (Å²) in [5.41, 5.74) is 2.90. The first-order valence-corrected chi connectivity index (χ1v) is 3.93. The molecule has 0 saturated heterocycles. The van der Waals surface area contributed by atoms with Gasteiger partial charge < -0.3 is 4.74 Å². The number of ether oxygens (including phenoxy) is 1. The molecule has 0 aliphatic carbocycles. The molecule has 0 bridgehead atoms. The van der Waals surface area contributed by atoms with Crippen molar-refractivity contribution in [2.24, 2.45) is 5.84 Å². The fraction of sp³-hybridized carbons (Fsp3) is 0.250. The van der Waals surface area contributed by atoms with Crippen LogP contribution in [0, 0.1) is 10.1 Å². The topological polar surface area (TPSA) is 90.4 Å². The molecule has 3 N–H and O–H groups in total. The van der Waals surface area contributed by atoms with Gasteiger partial charge >= 0.3 is 0 Å². The van der Waals surface area contributed by atoms with Crippen LogP contribution in [-0.4, -0.2) is 12.0 Å². The molecule has 1 aromatic rings. The molecule has 6 nitrogen and oxygen atoms in total. The van der Waals surface area contributed by atoms with E-state index in [2.05, 4.69) is 5.43 Å². The van der Waals surface area contributed by atoms with Gasteiger partial charge in [0.1, 0.15) is 5.75 Å². The van der Waals surface area contributed by atoms with Crippen LogP contribution in [0.1, 0.15) is 5.56 Å². The number of hydrogen-bond acceptors (Lipinski definition) is 5. The normalized spacial score (nSPS) is 9.86. The lowest BCUT2D eigenvalue weighted by atomic mass is 10.1. The number of methoxy groups -OCH3 is 1. The van der Waals surface area contributed by atoms with Gasteiger partial charge in [-0.3, -0.25) is 21.4 Å². The summed E-state index contributed by atoms with van der Waals surface area (Å²) < 4.78 is 4.94. The summed E-state index contributed by atoms with van der Waals surface area (Å²) in [6.45, 7) is 0.230. The summed E-state index contributed by atoms with van der Waals surface area (Å²) in [6.07, 6.45) is 0. The molecule has 6 heteroatoms. The first kappa shape index (κ1) is 10.4. The van der Waals surface area contributed by atoms with E-state index in [1.54, 1.807) is 6.07 Å². The fourth-order valence-electron chi connectivity index (χ4n) is 1.12. The van der Waals surface area contributed by atoms with Gasteiger partial charge in [0.15, 0.2) is 0 Å². The third-order valence-corrected chi connectivity index (χ3v) is 1.78. The van der Waals surface area contributed by atoms with Crippen LogP contribution >= 0.6 is 0 Å². The Morgan fingerprint density at radius 2 is 2.36 bits per heavy atom. The average Bonchev–Trinajstić information content (AvgIpc) is 2.17. The molecule has 0 saturated carbocycles. The lowest BCUT2D eigenvalue weighted by Gasteiger charge is -2.04. The van der Waals surface area contributed by atoms with Crippen molar-refractivity contribution in [2.45, 2.75) is 6.54 Å². The molecule has 0 aromatic heterocycles. The second kappa shape index (κ2) is 4.54. The molecule has 14 heavy (non-hydrogen) atoms. The maximum Gasteiger partial charge on any atom is 0.274 e. The van der Waals surface area contributed by atoms with Crippen molar-refractivity contribution in [3.05, 3.63) is 33.9 Å². The smallest absolute Gasteiger partial charge is 0.274 e. The van der Waals surface area contributed by atoms with Gasteiger partial charge in [-0.1, -0.05) is 0 Å². The molecular formula is C8H11N3O3. The van der Waals surface area contributed by atoms with Gasteiger partial charge in [-0.05, 0) is 12.1 Å². The number of nitrogens with zero attached hydrogens (tertiary/aromatic N) is 1. The summed E-state index contributed by atoms with van der Waals surface area (Å²) in [5, 5.41) is 10.6. The second-order valence-corrected chi connectivity index (χ2v) is 2.63. The van der Waals surface area contributed by atoms with Crippen LogP contribution in [-0.2, 0) is 6.54 Å². The number of nitro groups is 1. The number of nitrogens with two attached hydrogens (primary N) is 1. The molecule has 0 amide bonds. The first-order chi connectivity index (χ1) is 6.69. The Hall–Kier alpha value is -1.66. The second-order valence-electron chi connectivity index (χ2n) is 2.63. The highest BCUT2D eigenvalue weighted by atomic mass is 16.6. The number of nitrogens with one attached hydrogen (secondary N) is 1. The maximum absolute atomic E-state index is 10.6. The van der Waals surface area contributed by atoms with Gasteiger partial charge in [-0.15, -0.1) is 0 Å². The predicted molar refractivity (Wildman–Crippen MR) is 50.7 cm³/mol. The molecular weight excluding hydrogens is 186 g/mol. The number of hydrogen-bond donors (Lipinski definition) is 2. The van der Waals surface area contributed by atoms with Crippen LogP contribution in [0.15, 0.2) is 18.2 Å². The number of rotatable bonds is 4. The molecule has 1 rings (SSSR count). The molecule has 0 aliphatic rings. The number of nitro benzene ring substituents is 1. The van der Waals surface area contributed by atoms with E-state index in [9.17, 15) is 10.1 Å². The number of hydrazine groups is 1. The molecule has 0 radical (unpaired) electrons. The zero-order valence-electron chi connectivity index (χ0n) is 7.69. The van der Waals surface area contributed by atoms with Crippen molar-refractivity contribution in [3.63, 3.8) is 0 Å². The Morgan fingerprint density at radius 3 is 2.86 bits per heavy atom. The average molecular weight is 197 g/mol. The molecule has 0 spiro atoms. The highest BCUT2D eigenvalue weighted by Gasteiger charge is 2.13. The minimum atomic E-state index is -0.452. The summed E-state index contributed by atoms with van der Waals surface area (Å²) in [5.74, 6) is 5.68. The highest BCUT2D eigenvalue weighted by molar-refractivity contribution is 5.45. The van der Waals surface area contributed by atoms with Crippen molar-refractivity contribution in [2.75, 3.05) is 7.11 Å². The Kier molecular flexibility index (Phi) is 3.38. The Bertz CT molecular complexity index is 341. The Morgan fingerprint density at radius 1 is 1.64 bits per heavy atom. The molecule has 0 unspecified atom stereocenters. The maximum atomic E-state index is 10.6. The van der Waals surface area contributed by atoms with E-state index in [1.165, 1.54) is 19.2 Å². The quantitative estimate of drug-likeness (QED) is 0.418. The van der Waals surface area contributed by atoms with Crippen molar-refractivity contribution < 1.29 is 9.66 Å². The van der Waals surface area contributed by atoms with E-state index in [0.717, 1.165) is 0 Å². The van der Waals surface area contributed by atoms with Gasteiger partial charge in [0.05, 0.1) is 12.0 Å². The lowest BCUT2D eigenvalue weighted by Crippen LogP contribution is -2.21. The standard InChI is InChI=1S/C8H11N3O3/c1-14-7-2-3-8(11(12)13)6(4-7)5-10-9/h2-4,10H,5,9H2,1H3. The Balaban J connectivity index is 3.10. The van der Waals surface area contributed by atoms with Crippen molar-refractivity contribution in [1.82, 2.24) is 5.43 Å². The van der Waals surface area contributed by atoms with E-state index >= 15 is 0 Å². The van der Waals surface area contributed by atoms with Gasteiger partial charge in [-0.2, -0.15) is 0 Å². The molecule has 0 atom stereocenters. The Labute approximate surface area is 80.8 Å². The highest BCUT2D eigenvalue weighted by Crippen LogP contribution is 2.23. The van der Waals surface area contributed by atoms with E-state index in [0.29, 0.717) is 11.3 Å². The fourth-order valence-corrected chi connectivity index (χ4v) is 1.12. The molecule has 0 heterocycles. The van der Waals surface area contributed by atoms with Crippen molar-refractivity contribution in [1.29, 1.82) is 0 Å². The van der Waals surface area contributed by atoms with Crippen LogP contribution in [0.2, 0.25) is 0 Å². The number of benzene rings is 1. The van der Waals surface area contributed by atoms with Crippen LogP contribution < -0.4 is 16.0 Å². The van der Waals surface area contributed by atoms with Crippen LogP contribution in [0.5, 0.6) is 5.75 Å². The monoisotopic (exact) mass is 197 g/mol. The third kappa shape index (κ3) is 2.18. The zero-order chi connectivity index (χ0) is 10.6. The van der Waals surface area contributed by atoms with Gasteiger partial charge in [0.25, 0.3) is 5.69 Å². The van der Waals surface area contributed by atoms with E-state index in [-0.39, 0.29) is 12.2 Å². The third-order valence-electron chi connectivity index (χ3n) is 1.78. The summed E-state index contributed by atoms with van der Waals surface area (Å²) >= 11 is 0. The van der Waals surface area contributed by atoms with Crippen LogP contribution in [0.25, 0.3) is 0 Å². The van der Waals surface area contributed by atoms with Crippen LogP contribution in [0.4, 0.5) is 5.69 Å². The largest absolute Gasteiger partial charge is 0.497 e. The van der Waals surface area contributed by atoms with Crippen molar-refractivity contribution >= 4 is 5.69 Å². The summed E-state index contributed by atoms with van der Waals surface area (Å²) in [7, 11) is 1.50. The molecule has 0 aliphatic heterocycles. The summed E-state index contributed by atoms with van der Waals surface area (Å²) in [6, 6.07) is 4.52. The first-order valence-electron chi connectivity index (χ1n) is 3.93. The van der Waals surface area contributed by atoms with Gasteiger partial charge in [0.2, 0.25) is 0 Å². The minimum Gasteiger partial charge on any atom is -0.497 e. The van der Waals surface area contributed by atoms with E-state index in [1.807, 2.05) is 0 Å².